The number of hydrogen-bond acceptors (Lipinski definition) is 3. The number of nitrogens with zero attached hydrogens (tertiary/aromatic N) is 1. The van der Waals surface area contributed by atoms with Gasteiger partial charge in [-0.2, -0.15) is 0 Å². The molecule has 0 N–H and O–H groups in total. The Hall–Kier alpha value is -6.84. The fourth-order valence-electron chi connectivity index (χ4n) is 8.78. The molecule has 0 fully saturated rings. The maximum atomic E-state index is 6.53. The molecule has 53 heavy (non-hydrogen) atoms. The van der Waals surface area contributed by atoms with Gasteiger partial charge in [0.25, 0.3) is 0 Å². The van der Waals surface area contributed by atoms with E-state index >= 15 is 0 Å². The van der Waals surface area contributed by atoms with Gasteiger partial charge in [-0.25, -0.2) is 0 Å². The Morgan fingerprint density at radius 3 is 1.75 bits per heavy atom. The second-order valence-corrected chi connectivity index (χ2v) is 14.2. The summed E-state index contributed by atoms with van der Waals surface area (Å²) in [7, 11) is 0. The van der Waals surface area contributed by atoms with Crippen LogP contribution < -0.4 is 4.90 Å². The van der Waals surface area contributed by atoms with Gasteiger partial charge in [-0.3, -0.25) is 0 Å². The van der Waals surface area contributed by atoms with Crippen LogP contribution in [-0.2, 0) is 5.41 Å². The van der Waals surface area contributed by atoms with Crippen LogP contribution in [0.25, 0.3) is 66.1 Å². The average molecular weight is 680 g/mol. The van der Waals surface area contributed by atoms with Crippen molar-refractivity contribution < 1.29 is 8.83 Å². The molecule has 8 aromatic carbocycles. The lowest BCUT2D eigenvalue weighted by Gasteiger charge is -2.28. The highest BCUT2D eigenvalue weighted by molar-refractivity contribution is 6.14. The minimum Gasteiger partial charge on any atom is -0.456 e. The van der Waals surface area contributed by atoms with Crippen LogP contribution in [0.1, 0.15) is 23.6 Å². The molecule has 0 saturated heterocycles. The molecule has 0 unspecified atom stereocenters. The lowest BCUT2D eigenvalue weighted by Crippen LogP contribution is -2.22. The molecule has 11 rings (SSSR count). The second kappa shape index (κ2) is 11.3. The van der Waals surface area contributed by atoms with E-state index in [4.69, 9.17) is 8.83 Å². The Morgan fingerprint density at radius 1 is 0.415 bits per heavy atom. The summed E-state index contributed by atoms with van der Waals surface area (Å²) in [6, 6.07) is 65.0. The van der Waals surface area contributed by atoms with Gasteiger partial charge in [0.2, 0.25) is 0 Å². The molecule has 0 saturated carbocycles. The van der Waals surface area contributed by atoms with Gasteiger partial charge in [-0.1, -0.05) is 121 Å². The van der Waals surface area contributed by atoms with E-state index in [-0.39, 0.29) is 5.41 Å². The Kier molecular flexibility index (Phi) is 6.38. The van der Waals surface area contributed by atoms with Crippen LogP contribution in [0.5, 0.6) is 0 Å². The van der Waals surface area contributed by atoms with Crippen LogP contribution >= 0.6 is 0 Å². The zero-order valence-electron chi connectivity index (χ0n) is 29.1. The maximum Gasteiger partial charge on any atom is 0.137 e. The summed E-state index contributed by atoms with van der Waals surface area (Å²) >= 11 is 0. The number of fused-ring (bicyclic) bond motifs is 9. The molecule has 2 heterocycles. The van der Waals surface area contributed by atoms with Crippen LogP contribution in [0.2, 0.25) is 0 Å². The minimum absolute atomic E-state index is 0.299. The zero-order chi connectivity index (χ0) is 35.1. The molecule has 0 aliphatic heterocycles. The standard InChI is InChI=1S/C50H33NO2/c1-50(42-17-8-5-14-37(42)38-15-6-9-18-43(38)50)34-24-28-46-40(30-34)41-31-36(27-29-47(41)52-46)51(35-25-22-33(23-26-35)32-12-3-2-4-13-32)44-19-11-21-48-49(44)39-16-7-10-20-45(39)53-48/h2-31H,1H3. The van der Waals surface area contributed by atoms with Gasteiger partial charge in [0, 0.05) is 32.9 Å². The van der Waals surface area contributed by atoms with Gasteiger partial charge < -0.3 is 13.7 Å². The van der Waals surface area contributed by atoms with E-state index in [2.05, 4.69) is 182 Å². The summed E-state index contributed by atoms with van der Waals surface area (Å²) < 4.78 is 12.9. The normalized spacial score (nSPS) is 13.2. The summed E-state index contributed by atoms with van der Waals surface area (Å²) in [5.74, 6) is 0. The molecule has 0 spiro atoms. The smallest absolute Gasteiger partial charge is 0.137 e. The summed E-state index contributed by atoms with van der Waals surface area (Å²) in [4.78, 5) is 2.35. The van der Waals surface area contributed by atoms with Crippen molar-refractivity contribution >= 4 is 60.9 Å². The highest BCUT2D eigenvalue weighted by Crippen LogP contribution is 2.53. The van der Waals surface area contributed by atoms with Crippen molar-refractivity contribution in [3.05, 3.63) is 199 Å². The van der Waals surface area contributed by atoms with Crippen molar-refractivity contribution in [2.24, 2.45) is 0 Å². The Bertz CT molecular complexity index is 2980. The number of furan rings is 2. The van der Waals surface area contributed by atoms with E-state index in [0.29, 0.717) is 0 Å². The molecular weight excluding hydrogens is 647 g/mol. The molecule has 1 aliphatic carbocycles. The molecule has 0 amide bonds. The van der Waals surface area contributed by atoms with E-state index in [0.717, 1.165) is 60.9 Å². The van der Waals surface area contributed by atoms with Crippen LogP contribution in [0, 0.1) is 0 Å². The van der Waals surface area contributed by atoms with Crippen LogP contribution in [0.4, 0.5) is 17.1 Å². The van der Waals surface area contributed by atoms with E-state index in [1.165, 1.54) is 38.9 Å². The monoisotopic (exact) mass is 679 g/mol. The van der Waals surface area contributed by atoms with Gasteiger partial charge >= 0.3 is 0 Å². The van der Waals surface area contributed by atoms with Crippen molar-refractivity contribution in [3.63, 3.8) is 0 Å². The molecule has 3 nitrogen and oxygen atoms in total. The van der Waals surface area contributed by atoms with Gasteiger partial charge in [0.05, 0.1) is 11.1 Å². The third kappa shape index (κ3) is 4.41. The first-order valence-electron chi connectivity index (χ1n) is 18.2. The lowest BCUT2D eigenvalue weighted by atomic mass is 9.74. The third-order valence-corrected chi connectivity index (χ3v) is 11.4. The van der Waals surface area contributed by atoms with Gasteiger partial charge in [0.1, 0.15) is 22.3 Å². The molecule has 2 aromatic heterocycles. The Labute approximate surface area is 307 Å². The zero-order valence-corrected chi connectivity index (χ0v) is 29.1. The van der Waals surface area contributed by atoms with Crippen molar-refractivity contribution in [3.8, 4) is 22.3 Å². The first-order valence-corrected chi connectivity index (χ1v) is 18.2. The number of para-hydroxylation sites is 1. The van der Waals surface area contributed by atoms with E-state index < -0.39 is 0 Å². The molecule has 10 aromatic rings. The number of benzene rings is 8. The van der Waals surface area contributed by atoms with Gasteiger partial charge in [0.15, 0.2) is 0 Å². The van der Waals surface area contributed by atoms with Gasteiger partial charge in [-0.05, 0) is 107 Å². The summed E-state index contributed by atoms with van der Waals surface area (Å²) in [5, 5.41) is 4.36. The molecule has 1 aliphatic rings. The number of anilines is 3. The summed E-state index contributed by atoms with van der Waals surface area (Å²) in [6.07, 6.45) is 0. The Balaban J connectivity index is 1.12. The SMILES string of the molecule is CC1(c2ccc3oc4ccc(N(c5ccc(-c6ccccc6)cc5)c5cccc6oc7ccccc7c56)cc4c3c2)c2ccccc2-c2ccccc21. The predicted molar refractivity (Wildman–Crippen MR) is 219 cm³/mol. The van der Waals surface area contributed by atoms with Crippen LogP contribution in [0.3, 0.4) is 0 Å². The molecule has 0 radical (unpaired) electrons. The largest absolute Gasteiger partial charge is 0.456 e. The minimum atomic E-state index is -0.299. The van der Waals surface area contributed by atoms with E-state index in [1.807, 2.05) is 12.1 Å². The number of rotatable bonds is 5. The average Bonchev–Trinajstić information content (AvgIpc) is 3.87. The summed E-state index contributed by atoms with van der Waals surface area (Å²) in [6.45, 7) is 2.36. The number of hydrogen-bond donors (Lipinski definition) is 0. The fraction of sp³-hybridized carbons (Fsp3) is 0.0400. The predicted octanol–water partition coefficient (Wildman–Crippen LogP) is 14.0. The van der Waals surface area contributed by atoms with E-state index in [1.54, 1.807) is 0 Å². The fourth-order valence-corrected chi connectivity index (χ4v) is 8.78. The van der Waals surface area contributed by atoms with Gasteiger partial charge in [-0.15, -0.1) is 0 Å². The van der Waals surface area contributed by atoms with Crippen LogP contribution in [-0.4, -0.2) is 0 Å². The van der Waals surface area contributed by atoms with Crippen LogP contribution in [0.15, 0.2) is 191 Å². The molecule has 3 heteroatoms. The molecule has 250 valence electrons. The third-order valence-electron chi connectivity index (χ3n) is 11.4. The van der Waals surface area contributed by atoms with Crippen molar-refractivity contribution in [2.75, 3.05) is 4.90 Å². The molecular formula is C50H33NO2. The maximum absolute atomic E-state index is 6.53. The van der Waals surface area contributed by atoms with E-state index in [9.17, 15) is 0 Å². The second-order valence-electron chi connectivity index (χ2n) is 14.2. The Morgan fingerprint density at radius 2 is 0.981 bits per heavy atom. The first kappa shape index (κ1) is 29.8. The lowest BCUT2D eigenvalue weighted by molar-refractivity contribution is 0.667. The first-order chi connectivity index (χ1) is 26.1. The van der Waals surface area contributed by atoms with Crippen molar-refractivity contribution in [1.29, 1.82) is 0 Å². The van der Waals surface area contributed by atoms with Crippen molar-refractivity contribution in [2.45, 2.75) is 12.3 Å². The summed E-state index contributed by atoms with van der Waals surface area (Å²) in [5.41, 5.74) is 15.2. The molecule has 0 bridgehead atoms. The quantitative estimate of drug-likeness (QED) is 0.181. The van der Waals surface area contributed by atoms with Crippen molar-refractivity contribution in [1.82, 2.24) is 0 Å². The highest BCUT2D eigenvalue weighted by Gasteiger charge is 2.40. The molecule has 0 atom stereocenters. The highest BCUT2D eigenvalue weighted by atomic mass is 16.3. The topological polar surface area (TPSA) is 29.5 Å².